The molecule has 1 aromatic carbocycles. The second kappa shape index (κ2) is 7.61. The molecule has 3 N–H and O–H groups in total. The molecule has 0 aliphatic heterocycles. The molecule has 0 bridgehead atoms. The van der Waals surface area contributed by atoms with E-state index in [1.807, 2.05) is 30.3 Å². The van der Waals surface area contributed by atoms with Crippen molar-refractivity contribution in [3.63, 3.8) is 0 Å². The van der Waals surface area contributed by atoms with E-state index in [-0.39, 0.29) is 12.6 Å². The molecule has 5 heteroatoms. The van der Waals surface area contributed by atoms with E-state index in [4.69, 9.17) is 0 Å². The number of nitrogens with zero attached hydrogens (tertiary/aromatic N) is 1. The molecule has 1 unspecified atom stereocenters. The second-order valence-corrected chi connectivity index (χ2v) is 6.11. The highest BCUT2D eigenvalue weighted by Gasteiger charge is 2.27. The fourth-order valence-electron chi connectivity index (χ4n) is 2.57. The smallest absolute Gasteiger partial charge is 0.314 e. The molecule has 0 saturated heterocycles. The fraction of sp³-hybridized carbons (Fsp3) is 0.588. The van der Waals surface area contributed by atoms with Crippen LogP contribution in [0.5, 0.6) is 0 Å². The molecule has 2 rings (SSSR count). The predicted molar refractivity (Wildman–Crippen MR) is 87.7 cm³/mol. The van der Waals surface area contributed by atoms with E-state index in [1.54, 1.807) is 6.92 Å². The summed E-state index contributed by atoms with van der Waals surface area (Å²) >= 11 is 0. The van der Waals surface area contributed by atoms with Crippen LogP contribution < -0.4 is 10.6 Å². The van der Waals surface area contributed by atoms with Crippen molar-refractivity contribution in [2.45, 2.75) is 38.3 Å². The number of hydrogen-bond donors (Lipinski definition) is 3. The van der Waals surface area contributed by atoms with Gasteiger partial charge in [-0.3, -0.25) is 4.90 Å². The van der Waals surface area contributed by atoms with Crippen LogP contribution >= 0.6 is 0 Å². The maximum Gasteiger partial charge on any atom is 0.314 e. The van der Waals surface area contributed by atoms with Gasteiger partial charge in [0, 0.05) is 19.1 Å². The van der Waals surface area contributed by atoms with E-state index in [1.165, 1.54) is 12.8 Å². The Labute approximate surface area is 132 Å². The van der Waals surface area contributed by atoms with Crippen molar-refractivity contribution in [2.75, 3.05) is 26.2 Å². The first-order chi connectivity index (χ1) is 10.5. The lowest BCUT2D eigenvalue weighted by molar-refractivity contribution is 0.0593. The third-order valence-electron chi connectivity index (χ3n) is 4.14. The lowest BCUT2D eigenvalue weighted by atomic mass is 9.96. The highest BCUT2D eigenvalue weighted by atomic mass is 16.3. The van der Waals surface area contributed by atoms with Crippen LogP contribution in [0.2, 0.25) is 0 Å². The predicted octanol–water partition coefficient (Wildman–Crippen LogP) is 1.68. The topological polar surface area (TPSA) is 64.6 Å². The summed E-state index contributed by atoms with van der Waals surface area (Å²) < 4.78 is 0. The lowest BCUT2D eigenvalue weighted by Crippen LogP contribution is -2.45. The first-order valence-electron chi connectivity index (χ1n) is 8.06. The number of urea groups is 1. The Kier molecular flexibility index (Phi) is 5.80. The molecule has 0 aromatic heterocycles. The quantitative estimate of drug-likeness (QED) is 0.684. The molecule has 1 aromatic rings. The van der Waals surface area contributed by atoms with Crippen LogP contribution in [-0.4, -0.2) is 48.3 Å². The maximum atomic E-state index is 11.8. The van der Waals surface area contributed by atoms with Gasteiger partial charge in [-0.2, -0.15) is 0 Å². The SMILES string of the molecule is CCN(CCNC(=O)NCC(C)(O)c1ccccc1)C1CC1. The summed E-state index contributed by atoms with van der Waals surface area (Å²) in [7, 11) is 0. The normalized spacial score (nSPS) is 17.1. The average molecular weight is 305 g/mol. The van der Waals surface area contributed by atoms with Crippen molar-refractivity contribution in [3.8, 4) is 0 Å². The molecule has 1 fully saturated rings. The summed E-state index contributed by atoms with van der Waals surface area (Å²) in [6.45, 7) is 6.57. The average Bonchev–Trinajstić information content (AvgIpc) is 3.35. The van der Waals surface area contributed by atoms with Gasteiger partial charge in [-0.15, -0.1) is 0 Å². The lowest BCUT2D eigenvalue weighted by Gasteiger charge is -2.24. The summed E-state index contributed by atoms with van der Waals surface area (Å²) in [5.41, 5.74) is -0.275. The molecule has 2 amide bonds. The largest absolute Gasteiger partial charge is 0.384 e. The number of carbonyl (C=O) groups is 1. The first kappa shape index (κ1) is 16.8. The van der Waals surface area contributed by atoms with E-state index in [9.17, 15) is 9.90 Å². The van der Waals surface area contributed by atoms with Crippen molar-refractivity contribution in [2.24, 2.45) is 0 Å². The Morgan fingerprint density at radius 2 is 2.00 bits per heavy atom. The summed E-state index contributed by atoms with van der Waals surface area (Å²) in [6, 6.07) is 9.85. The summed E-state index contributed by atoms with van der Waals surface area (Å²) in [5.74, 6) is 0. The van der Waals surface area contributed by atoms with Gasteiger partial charge in [0.05, 0.1) is 6.54 Å². The second-order valence-electron chi connectivity index (χ2n) is 6.11. The number of likely N-dealkylation sites (N-methyl/N-ethyl adjacent to an activating group) is 1. The number of nitrogens with one attached hydrogen (secondary N) is 2. The van der Waals surface area contributed by atoms with Crippen LogP contribution in [0.25, 0.3) is 0 Å². The summed E-state index contributed by atoms with van der Waals surface area (Å²) in [5, 5.41) is 16.0. The van der Waals surface area contributed by atoms with E-state index < -0.39 is 5.60 Å². The van der Waals surface area contributed by atoms with Crippen LogP contribution in [0.4, 0.5) is 4.79 Å². The van der Waals surface area contributed by atoms with E-state index in [2.05, 4.69) is 22.5 Å². The van der Waals surface area contributed by atoms with Gasteiger partial charge in [0.1, 0.15) is 5.60 Å². The van der Waals surface area contributed by atoms with Crippen LogP contribution in [0.15, 0.2) is 30.3 Å². The van der Waals surface area contributed by atoms with Crippen molar-refractivity contribution in [1.82, 2.24) is 15.5 Å². The summed E-state index contributed by atoms with van der Waals surface area (Å²) in [4.78, 5) is 14.2. The van der Waals surface area contributed by atoms with Crippen LogP contribution in [0.1, 0.15) is 32.3 Å². The molecule has 1 aliphatic rings. The first-order valence-corrected chi connectivity index (χ1v) is 8.06. The number of amides is 2. The number of carbonyl (C=O) groups excluding carboxylic acids is 1. The van der Waals surface area contributed by atoms with Gasteiger partial charge in [0.2, 0.25) is 0 Å². The molecule has 0 radical (unpaired) electrons. The highest BCUT2D eigenvalue weighted by molar-refractivity contribution is 5.73. The van der Waals surface area contributed by atoms with Crippen molar-refractivity contribution in [3.05, 3.63) is 35.9 Å². The zero-order valence-corrected chi connectivity index (χ0v) is 13.5. The Hall–Kier alpha value is -1.59. The van der Waals surface area contributed by atoms with Crippen molar-refractivity contribution in [1.29, 1.82) is 0 Å². The zero-order chi connectivity index (χ0) is 16.0. The van der Waals surface area contributed by atoms with Gasteiger partial charge >= 0.3 is 6.03 Å². The Morgan fingerprint density at radius 3 is 2.59 bits per heavy atom. The fourth-order valence-corrected chi connectivity index (χ4v) is 2.57. The Morgan fingerprint density at radius 1 is 1.32 bits per heavy atom. The minimum atomic E-state index is -1.07. The molecule has 0 spiro atoms. The zero-order valence-electron chi connectivity index (χ0n) is 13.5. The van der Waals surface area contributed by atoms with Crippen molar-refractivity contribution < 1.29 is 9.90 Å². The minimum Gasteiger partial charge on any atom is -0.384 e. The molecule has 5 nitrogen and oxygen atoms in total. The Balaban J connectivity index is 1.68. The summed E-state index contributed by atoms with van der Waals surface area (Å²) in [6.07, 6.45) is 2.56. The van der Waals surface area contributed by atoms with Crippen LogP contribution in [0.3, 0.4) is 0 Å². The minimum absolute atomic E-state index is 0.183. The third kappa shape index (κ3) is 5.00. The molecular formula is C17H27N3O2. The molecule has 1 atom stereocenters. The van der Waals surface area contributed by atoms with Gasteiger partial charge in [-0.05, 0) is 31.9 Å². The van der Waals surface area contributed by atoms with Gasteiger partial charge in [0.25, 0.3) is 0 Å². The van der Waals surface area contributed by atoms with E-state index >= 15 is 0 Å². The van der Waals surface area contributed by atoms with Crippen molar-refractivity contribution >= 4 is 6.03 Å². The van der Waals surface area contributed by atoms with Gasteiger partial charge in [-0.1, -0.05) is 37.3 Å². The van der Waals surface area contributed by atoms with Gasteiger partial charge in [0.15, 0.2) is 0 Å². The number of hydrogen-bond acceptors (Lipinski definition) is 3. The van der Waals surface area contributed by atoms with Gasteiger partial charge < -0.3 is 15.7 Å². The highest BCUT2D eigenvalue weighted by Crippen LogP contribution is 2.25. The molecule has 1 aliphatic carbocycles. The standard InChI is InChI=1S/C17H27N3O2/c1-3-20(15-9-10-15)12-11-18-16(21)19-13-17(2,22)14-7-5-4-6-8-14/h4-8,15,22H,3,9-13H2,1-2H3,(H2,18,19,21). The molecule has 0 heterocycles. The Bertz CT molecular complexity index is 472. The molecule has 122 valence electrons. The van der Waals surface area contributed by atoms with E-state index in [0.29, 0.717) is 12.6 Å². The monoisotopic (exact) mass is 305 g/mol. The van der Waals surface area contributed by atoms with Crippen LogP contribution in [0, 0.1) is 0 Å². The number of benzene rings is 1. The molecular weight excluding hydrogens is 278 g/mol. The van der Waals surface area contributed by atoms with Gasteiger partial charge in [-0.25, -0.2) is 4.79 Å². The maximum absolute atomic E-state index is 11.8. The molecule has 22 heavy (non-hydrogen) atoms. The molecule has 1 saturated carbocycles. The number of rotatable bonds is 8. The number of aliphatic hydroxyl groups is 1. The van der Waals surface area contributed by atoms with Crippen LogP contribution in [-0.2, 0) is 5.60 Å². The van der Waals surface area contributed by atoms with E-state index in [0.717, 1.165) is 18.7 Å². The third-order valence-corrected chi connectivity index (χ3v) is 4.14.